The lowest BCUT2D eigenvalue weighted by Gasteiger charge is -2.63. The topological polar surface area (TPSA) is 75.8 Å². The molecule has 0 N–H and O–H groups in total. The summed E-state index contributed by atoms with van der Waals surface area (Å²) in [6, 6.07) is 76.9. The van der Waals surface area contributed by atoms with Gasteiger partial charge in [0.25, 0.3) is 0 Å². The van der Waals surface area contributed by atoms with Gasteiger partial charge in [0.05, 0.1) is 50.8 Å². The van der Waals surface area contributed by atoms with E-state index in [1.807, 2.05) is 55.0 Å². The van der Waals surface area contributed by atoms with Crippen LogP contribution in [-0.2, 0) is 0 Å². The quantitative estimate of drug-likeness (QED) is 0.115. The van der Waals surface area contributed by atoms with Gasteiger partial charge in [-0.25, -0.2) is 0 Å². The summed E-state index contributed by atoms with van der Waals surface area (Å²) in [4.78, 5) is 32.4. The van der Waals surface area contributed by atoms with E-state index >= 15 is 0 Å². The van der Waals surface area contributed by atoms with E-state index in [0.717, 1.165) is 123 Å². The molecule has 3 aromatic heterocycles. The minimum Gasteiger partial charge on any atom is -0.277 e. The Kier molecular flexibility index (Phi) is 11.3. The summed E-state index contributed by atoms with van der Waals surface area (Å²) in [6.45, 7) is 0. The minimum absolute atomic E-state index is 0.364. The largest absolute Gasteiger partial charge is 0.277 e. The van der Waals surface area contributed by atoms with Crippen LogP contribution in [0.2, 0.25) is 0 Å². The summed E-state index contributed by atoms with van der Waals surface area (Å²) >= 11 is 0. The van der Waals surface area contributed by atoms with Crippen molar-refractivity contribution >= 4 is 17.1 Å². The lowest BCUT2D eigenvalue weighted by Crippen LogP contribution is -2.64. The van der Waals surface area contributed by atoms with Gasteiger partial charge in [-0.05, 0) is 80.8 Å². The molecular weight excluding hydrogens is 853 g/mol. The molecule has 0 saturated heterocycles. The van der Waals surface area contributed by atoms with Gasteiger partial charge in [-0.15, -0.1) is 0 Å². The molecule has 0 spiro atoms. The predicted molar refractivity (Wildman–Crippen MR) is 285 cm³/mol. The number of rotatable bonds is 12. The molecule has 4 aliphatic rings. The summed E-state index contributed by atoms with van der Waals surface area (Å²) < 4.78 is 0. The average molecular weight is 905 g/mol. The third-order valence-electron chi connectivity index (χ3n) is 14.5. The van der Waals surface area contributed by atoms with Crippen molar-refractivity contribution in [3.8, 4) is 33.8 Å². The number of aromatic nitrogens is 3. The maximum Gasteiger partial charge on any atom is 0.0725 e. The molecule has 4 fully saturated rings. The van der Waals surface area contributed by atoms with Crippen LogP contribution in [0, 0.1) is 5.92 Å². The zero-order valence-corrected chi connectivity index (χ0v) is 39.0. The fourth-order valence-electron chi connectivity index (χ4n) is 12.0. The highest BCUT2D eigenvalue weighted by Gasteiger charge is 2.64. The highest BCUT2D eigenvalue weighted by atomic mass is 15.1. The molecule has 70 heavy (non-hydrogen) atoms. The van der Waals surface area contributed by atoms with E-state index in [4.69, 9.17) is 15.0 Å². The summed E-state index contributed by atoms with van der Waals surface area (Å²) in [5.41, 5.74) is 14.4. The average Bonchev–Trinajstić information content (AvgIpc) is 3.42. The number of pyridine rings is 3. The smallest absolute Gasteiger partial charge is 0.0725 e. The summed E-state index contributed by atoms with van der Waals surface area (Å²) in [6.07, 6.45) is 11.0. The van der Waals surface area contributed by atoms with Gasteiger partial charge in [0.2, 0.25) is 0 Å². The molecule has 338 valence electrons. The van der Waals surface area contributed by atoms with Gasteiger partial charge in [-0.1, -0.05) is 182 Å². The van der Waals surface area contributed by atoms with Gasteiger partial charge < -0.3 is 0 Å². The zero-order valence-electron chi connectivity index (χ0n) is 39.0. The molecule has 0 atom stereocenters. The van der Waals surface area contributed by atoms with Crippen molar-refractivity contribution in [3.05, 3.63) is 270 Å². The molecule has 0 aliphatic heterocycles. The van der Waals surface area contributed by atoms with Crippen molar-refractivity contribution < 1.29 is 0 Å². The number of hydrogen-bond acceptors (Lipinski definition) is 6. The molecule has 6 aromatic carbocycles. The summed E-state index contributed by atoms with van der Waals surface area (Å²) in [5, 5.41) is 0. The van der Waals surface area contributed by atoms with Crippen molar-refractivity contribution in [1.29, 1.82) is 0 Å². The molecule has 0 amide bonds. The van der Waals surface area contributed by atoms with E-state index in [2.05, 4.69) is 197 Å². The fraction of sp³-hybridized carbons (Fsp3) is 0.156. The van der Waals surface area contributed by atoms with Crippen LogP contribution >= 0.6 is 0 Å². The summed E-state index contributed by atoms with van der Waals surface area (Å²) in [5.74, 6) is 0.364. The van der Waals surface area contributed by atoms with Crippen molar-refractivity contribution in [2.24, 2.45) is 20.9 Å². The Hall–Kier alpha value is -8.22. The van der Waals surface area contributed by atoms with Gasteiger partial charge in [0, 0.05) is 68.7 Å². The second kappa shape index (κ2) is 18.4. The molecular formula is C64H52N6. The monoisotopic (exact) mass is 904 g/mol. The maximum atomic E-state index is 6.15. The lowest BCUT2D eigenvalue weighted by atomic mass is 9.47. The SMILES string of the molecule is c1ccc(C(=NC23CC4CC(N=C(c5ccccc5)c5ccc(-c6ccccn6)cc5)(C2)CC(N=C(c2ccccc2)c2ccc(-c5ccccn5)cc2)(C4)C3)c2ccc(-c3ccccn3)cc2)cc1. The maximum absolute atomic E-state index is 6.15. The Labute approximate surface area is 410 Å². The first kappa shape index (κ1) is 43.1. The summed E-state index contributed by atoms with van der Waals surface area (Å²) in [7, 11) is 0. The van der Waals surface area contributed by atoms with Crippen LogP contribution in [0.5, 0.6) is 0 Å². The third-order valence-corrected chi connectivity index (χ3v) is 14.5. The first-order valence-electron chi connectivity index (χ1n) is 24.5. The lowest BCUT2D eigenvalue weighted by molar-refractivity contribution is -0.0299. The van der Waals surface area contributed by atoms with E-state index in [0.29, 0.717) is 5.92 Å². The third kappa shape index (κ3) is 8.73. The first-order chi connectivity index (χ1) is 34.5. The molecule has 0 radical (unpaired) electrons. The second-order valence-electron chi connectivity index (χ2n) is 19.5. The Morgan fingerprint density at radius 3 is 0.814 bits per heavy atom. The minimum atomic E-state index is -0.438. The van der Waals surface area contributed by atoms with Gasteiger partial charge in [-0.2, -0.15) is 0 Å². The molecule has 4 aliphatic carbocycles. The van der Waals surface area contributed by atoms with E-state index in [1.54, 1.807) is 0 Å². The molecule has 6 heteroatoms. The van der Waals surface area contributed by atoms with Crippen LogP contribution in [0.25, 0.3) is 33.8 Å². The molecule has 9 aromatic rings. The van der Waals surface area contributed by atoms with Gasteiger partial charge >= 0.3 is 0 Å². The Balaban J connectivity index is 1.04. The second-order valence-corrected chi connectivity index (χ2v) is 19.5. The van der Waals surface area contributed by atoms with Crippen molar-refractivity contribution in [1.82, 2.24) is 15.0 Å². The zero-order chi connectivity index (χ0) is 46.8. The van der Waals surface area contributed by atoms with Crippen LogP contribution in [0.15, 0.2) is 252 Å². The molecule has 0 unspecified atom stereocenters. The van der Waals surface area contributed by atoms with Crippen LogP contribution in [0.3, 0.4) is 0 Å². The Bertz CT molecular complexity index is 2950. The van der Waals surface area contributed by atoms with Crippen molar-refractivity contribution in [3.63, 3.8) is 0 Å². The number of benzene rings is 6. The van der Waals surface area contributed by atoms with Gasteiger partial charge in [-0.3, -0.25) is 29.9 Å². The van der Waals surface area contributed by atoms with Crippen LogP contribution in [0.4, 0.5) is 0 Å². The highest BCUT2D eigenvalue weighted by molar-refractivity contribution is 6.15. The van der Waals surface area contributed by atoms with Crippen molar-refractivity contribution in [2.45, 2.75) is 55.1 Å². The van der Waals surface area contributed by atoms with Gasteiger partial charge in [0.15, 0.2) is 0 Å². The Morgan fingerprint density at radius 2 is 0.557 bits per heavy atom. The first-order valence-corrected chi connectivity index (χ1v) is 24.5. The van der Waals surface area contributed by atoms with Crippen LogP contribution < -0.4 is 0 Å². The molecule has 6 nitrogen and oxygen atoms in total. The normalized spacial score (nSPS) is 21.9. The van der Waals surface area contributed by atoms with Crippen LogP contribution in [-0.4, -0.2) is 48.7 Å². The van der Waals surface area contributed by atoms with Crippen LogP contribution in [0.1, 0.15) is 71.9 Å². The van der Waals surface area contributed by atoms with E-state index in [-0.39, 0.29) is 0 Å². The van der Waals surface area contributed by atoms with E-state index in [9.17, 15) is 0 Å². The van der Waals surface area contributed by atoms with Crippen molar-refractivity contribution in [2.75, 3.05) is 0 Å². The molecule has 3 heterocycles. The van der Waals surface area contributed by atoms with E-state index < -0.39 is 16.6 Å². The Morgan fingerprint density at radius 1 is 0.300 bits per heavy atom. The fourth-order valence-corrected chi connectivity index (χ4v) is 12.0. The van der Waals surface area contributed by atoms with E-state index in [1.165, 1.54) is 0 Å². The molecule has 4 saturated carbocycles. The standard InChI is InChI=1S/C64H52N6/c1-4-16-50(17-5-1)59(53-31-25-47(26-32-53)56-22-10-13-37-65-56)68-62-40-46-41-63(43-62,69-60(51-18-6-2-7-19-51)54-33-27-48(28-34-54)57-23-11-14-38-66-57)45-64(42-46,44-62)70-61(52-20-8-3-9-21-52)55-35-29-49(30-36-55)58-24-12-15-39-67-58/h1-39,46H,40-45H2. The number of hydrogen-bond donors (Lipinski definition) is 0. The number of aliphatic imine (C=N–C) groups is 3. The highest BCUT2D eigenvalue weighted by Crippen LogP contribution is 2.64. The predicted octanol–water partition coefficient (Wildman–Crippen LogP) is 14.0. The number of nitrogens with zero attached hydrogens (tertiary/aromatic N) is 6. The van der Waals surface area contributed by atoms with Gasteiger partial charge in [0.1, 0.15) is 0 Å². The molecule has 13 rings (SSSR count). The molecule has 4 bridgehead atoms.